The Morgan fingerprint density at radius 3 is 2.45 bits per heavy atom. The van der Waals surface area contributed by atoms with Crippen LogP contribution in [0.5, 0.6) is 11.5 Å². The number of benzene rings is 3. The zero-order valence-corrected chi connectivity index (χ0v) is 23.0. The number of thioether (sulfide) groups is 1. The minimum absolute atomic E-state index is 0.112. The number of fused-ring (bicyclic) bond motifs is 1. The molecule has 7 nitrogen and oxygen atoms in total. The molecule has 1 aliphatic rings. The minimum Gasteiger partial charge on any atom is -0.497 e. The molecule has 4 aromatic rings. The van der Waals surface area contributed by atoms with Gasteiger partial charge in [-0.1, -0.05) is 73.5 Å². The number of ether oxygens (including phenoxy) is 2. The summed E-state index contributed by atoms with van der Waals surface area (Å²) in [6.45, 7) is 1.90. The zero-order chi connectivity index (χ0) is 26.5. The van der Waals surface area contributed by atoms with Crippen molar-refractivity contribution in [1.29, 1.82) is 0 Å². The van der Waals surface area contributed by atoms with E-state index in [1.54, 1.807) is 32.4 Å². The third kappa shape index (κ3) is 5.80. The van der Waals surface area contributed by atoms with E-state index in [4.69, 9.17) is 9.47 Å². The third-order valence-electron chi connectivity index (χ3n) is 7.17. The van der Waals surface area contributed by atoms with Gasteiger partial charge in [-0.05, 0) is 36.1 Å². The van der Waals surface area contributed by atoms with E-state index in [0.717, 1.165) is 23.8 Å². The lowest BCUT2D eigenvalue weighted by molar-refractivity contribution is -0.115. The van der Waals surface area contributed by atoms with Gasteiger partial charge in [0, 0.05) is 36.3 Å². The monoisotopic (exact) mass is 530 g/mol. The van der Waals surface area contributed by atoms with Crippen molar-refractivity contribution in [3.05, 3.63) is 72.1 Å². The maximum absolute atomic E-state index is 13.2. The summed E-state index contributed by atoms with van der Waals surface area (Å²) >= 11 is 1.46. The lowest BCUT2D eigenvalue weighted by atomic mass is 9.95. The number of carbonyl (C=O) groups is 1. The van der Waals surface area contributed by atoms with Crippen LogP contribution in [0, 0.1) is 0 Å². The van der Waals surface area contributed by atoms with E-state index < -0.39 is 0 Å². The maximum Gasteiger partial charge on any atom is 0.237 e. The maximum atomic E-state index is 13.2. The number of methoxy groups -OCH3 is 2. The number of aromatic nitrogens is 3. The number of rotatable bonds is 9. The molecule has 0 unspecified atom stereocenters. The SMILES string of the molecule is COc1cc(NC(=O)[C@H](C)Sc2nnc(Cc3cccc4ccccc34)n2C2CCCCC2)cc(OC)c1. The van der Waals surface area contributed by atoms with Crippen LogP contribution in [0.15, 0.2) is 65.8 Å². The van der Waals surface area contributed by atoms with Crippen molar-refractivity contribution in [3.63, 3.8) is 0 Å². The molecule has 1 saturated carbocycles. The fourth-order valence-corrected chi connectivity index (χ4v) is 6.10. The molecule has 1 heterocycles. The van der Waals surface area contributed by atoms with Crippen LogP contribution in [0.2, 0.25) is 0 Å². The van der Waals surface area contributed by atoms with Crippen LogP contribution in [0.4, 0.5) is 5.69 Å². The zero-order valence-electron chi connectivity index (χ0n) is 22.1. The first-order valence-corrected chi connectivity index (χ1v) is 14.0. The molecule has 0 spiro atoms. The Balaban J connectivity index is 1.39. The van der Waals surface area contributed by atoms with Crippen LogP contribution in [-0.2, 0) is 11.2 Å². The second-order valence-corrected chi connectivity index (χ2v) is 11.0. The normalized spacial score (nSPS) is 14.8. The average Bonchev–Trinajstić information content (AvgIpc) is 3.34. The standard InChI is InChI=1S/C30H34N4O3S/c1-20(29(35)31-23-17-25(36-2)19-26(18-23)37-3)38-30-33-32-28(34(30)24-13-5-4-6-14-24)16-22-12-9-11-21-10-7-8-15-27(21)22/h7-12,15,17-20,24H,4-6,13-14,16H2,1-3H3,(H,31,35)/t20-/m0/s1. The molecular weight excluding hydrogens is 496 g/mol. The van der Waals surface area contributed by atoms with Gasteiger partial charge >= 0.3 is 0 Å². The van der Waals surface area contributed by atoms with Crippen LogP contribution in [0.25, 0.3) is 10.8 Å². The van der Waals surface area contributed by atoms with Crippen LogP contribution in [-0.4, -0.2) is 40.1 Å². The highest BCUT2D eigenvalue weighted by Gasteiger charge is 2.26. The van der Waals surface area contributed by atoms with Gasteiger partial charge in [-0.25, -0.2) is 0 Å². The Labute approximate surface area is 227 Å². The van der Waals surface area contributed by atoms with Crippen LogP contribution >= 0.6 is 11.8 Å². The Kier molecular flexibility index (Phi) is 8.17. The van der Waals surface area contributed by atoms with Gasteiger partial charge in [0.1, 0.15) is 17.3 Å². The Morgan fingerprint density at radius 1 is 1.00 bits per heavy atom. The predicted molar refractivity (Wildman–Crippen MR) is 152 cm³/mol. The van der Waals surface area contributed by atoms with Gasteiger partial charge in [0.2, 0.25) is 5.91 Å². The third-order valence-corrected chi connectivity index (χ3v) is 8.23. The number of hydrogen-bond acceptors (Lipinski definition) is 6. The molecule has 3 aromatic carbocycles. The molecule has 198 valence electrons. The second kappa shape index (κ2) is 11.9. The summed E-state index contributed by atoms with van der Waals surface area (Å²) in [6.07, 6.45) is 6.59. The van der Waals surface area contributed by atoms with Gasteiger partial charge in [0.25, 0.3) is 0 Å². The lowest BCUT2D eigenvalue weighted by Crippen LogP contribution is -2.24. The van der Waals surface area contributed by atoms with E-state index in [0.29, 0.717) is 29.6 Å². The van der Waals surface area contributed by atoms with Gasteiger partial charge in [-0.3, -0.25) is 4.79 Å². The molecule has 1 aliphatic carbocycles. The van der Waals surface area contributed by atoms with E-state index in [1.165, 1.54) is 47.4 Å². The number of nitrogens with one attached hydrogen (secondary N) is 1. The summed E-state index contributed by atoms with van der Waals surface area (Å²) in [7, 11) is 3.18. The Hall–Kier alpha value is -3.52. The number of hydrogen-bond donors (Lipinski definition) is 1. The summed E-state index contributed by atoms with van der Waals surface area (Å²) in [4.78, 5) is 13.2. The summed E-state index contributed by atoms with van der Waals surface area (Å²) in [5, 5.41) is 15.2. The molecule has 1 aromatic heterocycles. The number of nitrogens with zero attached hydrogens (tertiary/aromatic N) is 3. The Morgan fingerprint density at radius 2 is 1.71 bits per heavy atom. The van der Waals surface area contributed by atoms with Gasteiger partial charge in [-0.15, -0.1) is 10.2 Å². The smallest absolute Gasteiger partial charge is 0.237 e. The first-order valence-electron chi connectivity index (χ1n) is 13.2. The number of amides is 1. The van der Waals surface area contributed by atoms with E-state index in [-0.39, 0.29) is 11.2 Å². The Bertz CT molecular complexity index is 1390. The van der Waals surface area contributed by atoms with Crippen molar-refractivity contribution in [3.8, 4) is 11.5 Å². The van der Waals surface area contributed by atoms with E-state index in [9.17, 15) is 4.79 Å². The fraction of sp³-hybridized carbons (Fsp3) is 0.367. The van der Waals surface area contributed by atoms with Gasteiger partial charge in [0.15, 0.2) is 5.16 Å². The van der Waals surface area contributed by atoms with Crippen molar-refractivity contribution in [2.45, 2.75) is 61.9 Å². The van der Waals surface area contributed by atoms with Crippen molar-refractivity contribution >= 4 is 34.1 Å². The quantitative estimate of drug-likeness (QED) is 0.244. The average molecular weight is 531 g/mol. The highest BCUT2D eigenvalue weighted by atomic mass is 32.2. The summed E-state index contributed by atoms with van der Waals surface area (Å²) in [6, 6.07) is 20.6. The van der Waals surface area contributed by atoms with Gasteiger partial charge < -0.3 is 19.4 Å². The molecule has 38 heavy (non-hydrogen) atoms. The summed E-state index contributed by atoms with van der Waals surface area (Å²) in [5.41, 5.74) is 1.87. The topological polar surface area (TPSA) is 78.3 Å². The molecule has 0 radical (unpaired) electrons. The first kappa shape index (κ1) is 26.1. The number of anilines is 1. The molecule has 0 bridgehead atoms. The van der Waals surface area contributed by atoms with Crippen LogP contribution in [0.1, 0.15) is 56.5 Å². The highest BCUT2D eigenvalue weighted by molar-refractivity contribution is 8.00. The molecule has 1 amide bonds. The lowest BCUT2D eigenvalue weighted by Gasteiger charge is -2.26. The molecular formula is C30H34N4O3S. The first-order chi connectivity index (χ1) is 18.6. The fourth-order valence-electron chi connectivity index (χ4n) is 5.17. The predicted octanol–water partition coefficient (Wildman–Crippen LogP) is 6.66. The van der Waals surface area contributed by atoms with Crippen molar-refractivity contribution in [1.82, 2.24) is 14.8 Å². The van der Waals surface area contributed by atoms with Crippen LogP contribution < -0.4 is 14.8 Å². The van der Waals surface area contributed by atoms with E-state index in [1.807, 2.05) is 6.92 Å². The van der Waals surface area contributed by atoms with Crippen molar-refractivity contribution in [2.24, 2.45) is 0 Å². The van der Waals surface area contributed by atoms with Crippen molar-refractivity contribution < 1.29 is 14.3 Å². The van der Waals surface area contributed by atoms with Crippen LogP contribution in [0.3, 0.4) is 0 Å². The summed E-state index contributed by atoms with van der Waals surface area (Å²) < 4.78 is 13.0. The largest absolute Gasteiger partial charge is 0.497 e. The summed E-state index contributed by atoms with van der Waals surface area (Å²) in [5.74, 6) is 2.09. The molecule has 0 saturated heterocycles. The van der Waals surface area contributed by atoms with E-state index >= 15 is 0 Å². The van der Waals surface area contributed by atoms with E-state index in [2.05, 4.69) is 62.5 Å². The molecule has 1 atom stereocenters. The van der Waals surface area contributed by atoms with Gasteiger partial charge in [-0.2, -0.15) is 0 Å². The molecule has 8 heteroatoms. The highest BCUT2D eigenvalue weighted by Crippen LogP contribution is 2.35. The van der Waals surface area contributed by atoms with Gasteiger partial charge in [0.05, 0.1) is 19.5 Å². The molecule has 1 N–H and O–H groups in total. The van der Waals surface area contributed by atoms with Crippen molar-refractivity contribution in [2.75, 3.05) is 19.5 Å². The number of carbonyl (C=O) groups excluding carboxylic acids is 1. The molecule has 1 fully saturated rings. The minimum atomic E-state index is -0.371. The molecule has 0 aliphatic heterocycles. The second-order valence-electron chi connectivity index (χ2n) is 9.73. The molecule has 5 rings (SSSR count).